The fourth-order valence-electron chi connectivity index (χ4n) is 1.22. The van der Waals surface area contributed by atoms with Crippen molar-refractivity contribution in [1.29, 1.82) is 0 Å². The van der Waals surface area contributed by atoms with Gasteiger partial charge in [0.1, 0.15) is 5.75 Å². The smallest absolute Gasteiger partial charge is 0.163 e. The molecule has 0 aliphatic heterocycles. The van der Waals surface area contributed by atoms with Gasteiger partial charge in [-0.25, -0.2) is 0 Å². The molecule has 0 amide bonds. The summed E-state index contributed by atoms with van der Waals surface area (Å²) >= 11 is 0. The molecule has 0 unspecified atom stereocenters. The number of ketones is 2. The van der Waals surface area contributed by atoms with Crippen molar-refractivity contribution >= 4 is 11.6 Å². The van der Waals surface area contributed by atoms with E-state index < -0.39 is 18.4 Å². The molecular formula is C11H12O3. The molecule has 0 aliphatic rings. The minimum Gasteiger partial charge on any atom is -0.507 e. The van der Waals surface area contributed by atoms with Crippen LogP contribution in [-0.2, 0) is 0 Å². The van der Waals surface area contributed by atoms with Crippen molar-refractivity contribution in [3.8, 4) is 5.75 Å². The molecule has 0 spiro atoms. The quantitative estimate of drug-likeness (QED) is 0.735. The first-order valence-electron chi connectivity index (χ1n) is 5.54. The second-order valence-electron chi connectivity index (χ2n) is 3.07. The molecule has 0 radical (unpaired) electrons. The zero-order valence-electron chi connectivity index (χ0n) is 10.9. The molecule has 14 heavy (non-hydrogen) atoms. The molecule has 1 aromatic carbocycles. The van der Waals surface area contributed by atoms with Crippen LogP contribution in [0.2, 0.25) is 0 Å². The Hall–Kier alpha value is -1.64. The number of carbonyl (C=O) groups is 2. The van der Waals surface area contributed by atoms with Crippen molar-refractivity contribution in [3.05, 3.63) is 28.8 Å². The van der Waals surface area contributed by atoms with E-state index in [1.54, 1.807) is 0 Å². The summed E-state index contributed by atoms with van der Waals surface area (Å²) in [6.07, 6.45) is 0. The third kappa shape index (κ3) is 1.82. The topological polar surface area (TPSA) is 54.4 Å². The molecule has 3 heteroatoms. The predicted octanol–water partition coefficient (Wildman–Crippen LogP) is 2.11. The minimum absolute atomic E-state index is 0.0526. The van der Waals surface area contributed by atoms with Crippen LogP contribution in [0.15, 0.2) is 12.1 Å². The molecule has 1 rings (SSSR count). The zero-order chi connectivity index (χ0) is 13.4. The largest absolute Gasteiger partial charge is 0.507 e. The van der Waals surface area contributed by atoms with Crippen LogP contribution in [0.1, 0.15) is 44.2 Å². The van der Waals surface area contributed by atoms with Crippen LogP contribution in [0.25, 0.3) is 0 Å². The monoisotopic (exact) mass is 195 g/mol. The van der Waals surface area contributed by atoms with Gasteiger partial charge in [0.2, 0.25) is 0 Å². The van der Waals surface area contributed by atoms with Gasteiger partial charge in [-0.15, -0.1) is 0 Å². The SMILES string of the molecule is [2H]C([2H])([2H])C(=O)c1cc(C(C)=O)c(O)cc1C. The standard InChI is InChI=1S/C11H12O3/c1-6-4-11(14)10(8(3)13)5-9(6)7(2)12/h4-5,14H,1-3H3/i2D3. The minimum atomic E-state index is -2.75. The van der Waals surface area contributed by atoms with Gasteiger partial charge in [-0.05, 0) is 38.4 Å². The molecule has 0 aliphatic carbocycles. The van der Waals surface area contributed by atoms with E-state index in [0.29, 0.717) is 5.56 Å². The molecule has 1 N–H and O–H groups in total. The zero-order valence-corrected chi connectivity index (χ0v) is 7.92. The Kier molecular flexibility index (Phi) is 1.75. The summed E-state index contributed by atoms with van der Waals surface area (Å²) in [5.74, 6) is -1.71. The van der Waals surface area contributed by atoms with Gasteiger partial charge in [0.25, 0.3) is 0 Å². The third-order valence-corrected chi connectivity index (χ3v) is 1.97. The number of Topliss-reactive ketones (excluding diaryl/α,β-unsaturated/α-hetero) is 2. The predicted molar refractivity (Wildman–Crippen MR) is 52.9 cm³/mol. The average Bonchev–Trinajstić information content (AvgIpc) is 2.14. The molecule has 0 aromatic heterocycles. The fraction of sp³-hybridized carbons (Fsp3) is 0.273. The van der Waals surface area contributed by atoms with E-state index in [4.69, 9.17) is 4.11 Å². The first-order valence-corrected chi connectivity index (χ1v) is 4.04. The number of phenolic OH excluding ortho intramolecular Hbond substituents is 1. The highest BCUT2D eigenvalue weighted by Gasteiger charge is 2.12. The van der Waals surface area contributed by atoms with Gasteiger partial charge < -0.3 is 5.11 Å². The van der Waals surface area contributed by atoms with E-state index in [1.165, 1.54) is 19.9 Å². The highest BCUT2D eigenvalue weighted by molar-refractivity contribution is 6.02. The molecule has 0 atom stereocenters. The van der Waals surface area contributed by atoms with Crippen LogP contribution < -0.4 is 0 Å². The summed E-state index contributed by atoms with van der Waals surface area (Å²) < 4.78 is 21.1. The van der Waals surface area contributed by atoms with Crippen LogP contribution in [-0.4, -0.2) is 16.7 Å². The number of aromatic hydroxyl groups is 1. The third-order valence-electron chi connectivity index (χ3n) is 1.97. The number of hydrogen-bond acceptors (Lipinski definition) is 3. The number of carbonyl (C=O) groups excluding carboxylic acids is 2. The van der Waals surface area contributed by atoms with E-state index in [1.807, 2.05) is 0 Å². The number of hydrogen-bond donors (Lipinski definition) is 1. The number of phenols is 1. The molecule has 74 valence electrons. The highest BCUT2D eigenvalue weighted by Crippen LogP contribution is 2.22. The molecule has 0 saturated heterocycles. The van der Waals surface area contributed by atoms with E-state index in [0.717, 1.165) is 6.07 Å². The van der Waals surface area contributed by atoms with Crippen molar-refractivity contribution < 1.29 is 18.8 Å². The fourth-order valence-corrected chi connectivity index (χ4v) is 1.22. The normalized spacial score (nSPS) is 14.0. The second-order valence-corrected chi connectivity index (χ2v) is 3.07. The number of aryl methyl sites for hydroxylation is 1. The molecule has 0 fully saturated rings. The summed E-state index contributed by atoms with van der Waals surface area (Å²) in [4.78, 5) is 22.8. The maximum absolute atomic E-state index is 11.6. The summed E-state index contributed by atoms with van der Waals surface area (Å²) in [5, 5.41) is 9.50. The van der Waals surface area contributed by atoms with Crippen molar-refractivity contribution in [2.24, 2.45) is 0 Å². The maximum atomic E-state index is 11.6. The van der Waals surface area contributed by atoms with Gasteiger partial charge in [0.15, 0.2) is 11.6 Å². The Balaban J connectivity index is 3.40. The first kappa shape index (κ1) is 6.76. The Morgan fingerprint density at radius 3 is 2.43 bits per heavy atom. The van der Waals surface area contributed by atoms with Gasteiger partial charge in [-0.1, -0.05) is 0 Å². The van der Waals surface area contributed by atoms with Crippen molar-refractivity contribution in [2.75, 3.05) is 0 Å². The Labute approximate surface area is 86.6 Å². The first-order chi connectivity index (χ1) is 7.64. The van der Waals surface area contributed by atoms with E-state index in [2.05, 4.69) is 0 Å². The van der Waals surface area contributed by atoms with Crippen LogP contribution >= 0.6 is 0 Å². The van der Waals surface area contributed by atoms with Crippen LogP contribution in [0.3, 0.4) is 0 Å². The van der Waals surface area contributed by atoms with Gasteiger partial charge in [-0.2, -0.15) is 0 Å². The summed E-state index contributed by atoms with van der Waals surface area (Å²) in [5.41, 5.74) is 0.213. The second kappa shape index (κ2) is 3.62. The summed E-state index contributed by atoms with van der Waals surface area (Å²) in [6, 6.07) is 2.34. The molecule has 0 bridgehead atoms. The van der Waals surface area contributed by atoms with Crippen LogP contribution in [0.4, 0.5) is 0 Å². The molecular weight excluding hydrogens is 180 g/mol. The molecule has 1 aromatic rings. The average molecular weight is 195 g/mol. The Morgan fingerprint density at radius 2 is 1.93 bits per heavy atom. The molecule has 3 nitrogen and oxygen atoms in total. The molecule has 0 saturated carbocycles. The van der Waals surface area contributed by atoms with E-state index in [9.17, 15) is 14.7 Å². The lowest BCUT2D eigenvalue weighted by Gasteiger charge is -2.06. The highest BCUT2D eigenvalue weighted by atomic mass is 16.3. The van der Waals surface area contributed by atoms with Crippen LogP contribution in [0.5, 0.6) is 5.75 Å². The number of benzene rings is 1. The summed E-state index contributed by atoms with van der Waals surface area (Å²) in [7, 11) is 0. The lowest BCUT2D eigenvalue weighted by atomic mass is 9.99. The van der Waals surface area contributed by atoms with Gasteiger partial charge in [-0.3, -0.25) is 9.59 Å². The number of rotatable bonds is 2. The van der Waals surface area contributed by atoms with Crippen molar-refractivity contribution in [3.63, 3.8) is 0 Å². The Bertz CT molecular complexity index is 489. The lowest BCUT2D eigenvalue weighted by molar-refractivity contribution is 0.101. The van der Waals surface area contributed by atoms with Gasteiger partial charge >= 0.3 is 0 Å². The lowest BCUT2D eigenvalue weighted by Crippen LogP contribution is -2.01. The summed E-state index contributed by atoms with van der Waals surface area (Å²) in [6.45, 7) is -0.0214. The van der Waals surface area contributed by atoms with Gasteiger partial charge in [0, 0.05) is 9.68 Å². The van der Waals surface area contributed by atoms with E-state index in [-0.39, 0.29) is 16.9 Å². The van der Waals surface area contributed by atoms with Gasteiger partial charge in [0.05, 0.1) is 5.56 Å². The van der Waals surface area contributed by atoms with Crippen molar-refractivity contribution in [2.45, 2.75) is 20.7 Å². The maximum Gasteiger partial charge on any atom is 0.163 e. The molecule has 0 heterocycles. The van der Waals surface area contributed by atoms with Crippen molar-refractivity contribution in [1.82, 2.24) is 0 Å². The Morgan fingerprint density at radius 1 is 1.29 bits per heavy atom. The van der Waals surface area contributed by atoms with E-state index >= 15 is 0 Å². The van der Waals surface area contributed by atoms with Crippen LogP contribution in [0, 0.1) is 6.92 Å².